The summed E-state index contributed by atoms with van der Waals surface area (Å²) < 4.78 is 24.2. The third-order valence-corrected chi connectivity index (χ3v) is 4.31. The van der Waals surface area contributed by atoms with Crippen molar-refractivity contribution >= 4 is 6.09 Å². The van der Waals surface area contributed by atoms with Gasteiger partial charge in [-0.1, -0.05) is 12.8 Å². The number of aliphatic hydroxyl groups excluding tert-OH is 1. The van der Waals surface area contributed by atoms with Crippen molar-refractivity contribution in [2.45, 2.75) is 64.2 Å². The molecule has 0 aromatic heterocycles. The number of likely N-dealkylation sites (tertiary alicyclic amines) is 1. The van der Waals surface area contributed by atoms with E-state index in [2.05, 4.69) is 0 Å². The van der Waals surface area contributed by atoms with E-state index in [9.17, 15) is 14.3 Å². The van der Waals surface area contributed by atoms with E-state index in [1.165, 1.54) is 25.3 Å². The van der Waals surface area contributed by atoms with Gasteiger partial charge in [-0.2, -0.15) is 0 Å². The van der Waals surface area contributed by atoms with Crippen molar-refractivity contribution in [3.05, 3.63) is 29.6 Å². The topological polar surface area (TPSA) is 59.0 Å². The zero-order chi connectivity index (χ0) is 18.6. The summed E-state index contributed by atoms with van der Waals surface area (Å²) in [4.78, 5) is 14.2. The van der Waals surface area contributed by atoms with Crippen LogP contribution in [0, 0.1) is 5.82 Å². The number of aliphatic hydroxyl groups is 1. The maximum Gasteiger partial charge on any atom is 0.410 e. The number of carbonyl (C=O) groups is 1. The molecule has 0 radical (unpaired) electrons. The molecule has 25 heavy (non-hydrogen) atoms. The summed E-state index contributed by atoms with van der Waals surface area (Å²) in [6, 6.07) is 3.61. The van der Waals surface area contributed by atoms with E-state index >= 15 is 0 Å². The number of hydrogen-bond donors (Lipinski definition) is 1. The lowest BCUT2D eigenvalue weighted by Gasteiger charge is -2.35. The van der Waals surface area contributed by atoms with Gasteiger partial charge in [-0.25, -0.2) is 9.18 Å². The highest BCUT2D eigenvalue weighted by molar-refractivity contribution is 5.68. The van der Waals surface area contributed by atoms with Gasteiger partial charge in [0.1, 0.15) is 23.3 Å². The van der Waals surface area contributed by atoms with Crippen LogP contribution in [0.2, 0.25) is 0 Å². The number of benzene rings is 1. The lowest BCUT2D eigenvalue weighted by atomic mass is 9.96. The number of amides is 1. The molecule has 1 fully saturated rings. The fourth-order valence-electron chi connectivity index (χ4n) is 3.15. The molecule has 1 aliphatic rings. The monoisotopic (exact) mass is 353 g/mol. The minimum atomic E-state index is -0.971. The molecular formula is C19H28FNO4. The second-order valence-corrected chi connectivity index (χ2v) is 7.42. The Morgan fingerprint density at radius 2 is 2.04 bits per heavy atom. The van der Waals surface area contributed by atoms with Crippen molar-refractivity contribution in [2.75, 3.05) is 13.7 Å². The zero-order valence-corrected chi connectivity index (χ0v) is 15.4. The number of rotatable bonds is 3. The van der Waals surface area contributed by atoms with E-state index in [1.807, 2.05) is 20.8 Å². The third-order valence-electron chi connectivity index (χ3n) is 4.31. The standard InChI is InChI=1S/C19H28FNO4/c1-19(2,3)25-18(23)21-11-7-5-6-8-15(21)17(22)14-10-9-13(20)12-16(14)24-4/h9-10,12,15,17,22H,5-8,11H2,1-4H3. The number of ether oxygens (including phenoxy) is 2. The Kier molecular flexibility index (Phi) is 6.27. The van der Waals surface area contributed by atoms with Crippen LogP contribution in [0.1, 0.15) is 58.1 Å². The van der Waals surface area contributed by atoms with Crippen molar-refractivity contribution in [1.82, 2.24) is 4.90 Å². The number of methoxy groups -OCH3 is 1. The summed E-state index contributed by atoms with van der Waals surface area (Å²) in [6.07, 6.45) is 2.01. The second kappa shape index (κ2) is 8.04. The highest BCUT2D eigenvalue weighted by Gasteiger charge is 2.35. The largest absolute Gasteiger partial charge is 0.496 e. The Bertz CT molecular complexity index is 600. The predicted octanol–water partition coefficient (Wildman–Crippen LogP) is 4.05. The van der Waals surface area contributed by atoms with Gasteiger partial charge >= 0.3 is 6.09 Å². The van der Waals surface area contributed by atoms with E-state index in [1.54, 1.807) is 4.90 Å². The molecule has 1 heterocycles. The Hall–Kier alpha value is -1.82. The molecule has 1 aromatic rings. The second-order valence-electron chi connectivity index (χ2n) is 7.42. The molecule has 2 rings (SSSR count). The van der Waals surface area contributed by atoms with E-state index in [-0.39, 0.29) is 5.75 Å². The van der Waals surface area contributed by atoms with Crippen LogP contribution in [0.3, 0.4) is 0 Å². The minimum Gasteiger partial charge on any atom is -0.496 e. The van der Waals surface area contributed by atoms with Crippen molar-refractivity contribution < 1.29 is 23.8 Å². The molecule has 0 bridgehead atoms. The van der Waals surface area contributed by atoms with E-state index in [0.717, 1.165) is 19.3 Å². The van der Waals surface area contributed by atoms with Gasteiger partial charge in [-0.3, -0.25) is 0 Å². The van der Waals surface area contributed by atoms with E-state index in [4.69, 9.17) is 9.47 Å². The Balaban J connectivity index is 2.30. The van der Waals surface area contributed by atoms with Crippen LogP contribution < -0.4 is 4.74 Å². The predicted molar refractivity (Wildman–Crippen MR) is 93.1 cm³/mol. The van der Waals surface area contributed by atoms with Crippen molar-refractivity contribution in [2.24, 2.45) is 0 Å². The molecule has 1 aromatic carbocycles. The summed E-state index contributed by atoms with van der Waals surface area (Å²) in [7, 11) is 1.43. The van der Waals surface area contributed by atoms with Crippen LogP contribution in [0.25, 0.3) is 0 Å². The fraction of sp³-hybridized carbons (Fsp3) is 0.632. The lowest BCUT2D eigenvalue weighted by molar-refractivity contribution is -0.00626. The molecule has 1 aliphatic heterocycles. The number of carbonyl (C=O) groups excluding carboxylic acids is 1. The van der Waals surface area contributed by atoms with Crippen LogP contribution in [0.4, 0.5) is 9.18 Å². The minimum absolute atomic E-state index is 0.279. The average Bonchev–Trinajstić information content (AvgIpc) is 2.78. The summed E-state index contributed by atoms with van der Waals surface area (Å²) in [5, 5.41) is 10.9. The SMILES string of the molecule is COc1cc(F)ccc1C(O)C1CCCCCN1C(=O)OC(C)(C)C. The highest BCUT2D eigenvalue weighted by atomic mass is 19.1. The molecule has 0 saturated carbocycles. The molecule has 1 saturated heterocycles. The van der Waals surface area contributed by atoms with Gasteiger partial charge < -0.3 is 19.5 Å². The maximum absolute atomic E-state index is 13.4. The van der Waals surface area contributed by atoms with Crippen LogP contribution in [0.15, 0.2) is 18.2 Å². The summed E-state index contributed by atoms with van der Waals surface area (Å²) in [5.74, 6) is -0.154. The van der Waals surface area contributed by atoms with Crippen LogP contribution >= 0.6 is 0 Å². The fourth-order valence-corrected chi connectivity index (χ4v) is 3.15. The molecule has 0 spiro atoms. The molecule has 0 aliphatic carbocycles. The van der Waals surface area contributed by atoms with Gasteiger partial charge in [0.05, 0.1) is 13.2 Å². The van der Waals surface area contributed by atoms with Gasteiger partial charge in [0.2, 0.25) is 0 Å². The zero-order valence-electron chi connectivity index (χ0n) is 15.4. The summed E-state index contributed by atoms with van der Waals surface area (Å²) in [6.45, 7) is 5.98. The van der Waals surface area contributed by atoms with Gasteiger partial charge in [0.15, 0.2) is 0 Å². The van der Waals surface area contributed by atoms with Crippen molar-refractivity contribution in [3.8, 4) is 5.75 Å². The Labute approximate surface area is 148 Å². The molecule has 2 unspecified atom stereocenters. The third kappa shape index (κ3) is 5.08. The van der Waals surface area contributed by atoms with Gasteiger partial charge in [-0.05, 0) is 45.7 Å². The van der Waals surface area contributed by atoms with Gasteiger partial charge in [0.25, 0.3) is 0 Å². The summed E-state index contributed by atoms with van der Waals surface area (Å²) in [5.41, 5.74) is -0.128. The first-order chi connectivity index (χ1) is 11.7. The first kappa shape index (κ1) is 19.5. The molecule has 140 valence electrons. The van der Waals surface area contributed by atoms with E-state index in [0.29, 0.717) is 18.5 Å². The van der Waals surface area contributed by atoms with Crippen LogP contribution in [0.5, 0.6) is 5.75 Å². The molecule has 1 N–H and O–H groups in total. The molecule has 5 nitrogen and oxygen atoms in total. The molecule has 6 heteroatoms. The Morgan fingerprint density at radius 3 is 2.68 bits per heavy atom. The molecule has 1 amide bonds. The van der Waals surface area contributed by atoms with Crippen LogP contribution in [-0.2, 0) is 4.74 Å². The van der Waals surface area contributed by atoms with E-state index < -0.39 is 29.7 Å². The lowest BCUT2D eigenvalue weighted by Crippen LogP contribution is -2.46. The smallest absolute Gasteiger partial charge is 0.410 e. The number of halogens is 1. The highest BCUT2D eigenvalue weighted by Crippen LogP contribution is 2.34. The first-order valence-electron chi connectivity index (χ1n) is 8.74. The first-order valence-corrected chi connectivity index (χ1v) is 8.74. The quantitative estimate of drug-likeness (QED) is 0.891. The molecular weight excluding hydrogens is 325 g/mol. The molecule has 2 atom stereocenters. The normalized spacial score (nSPS) is 19.9. The average molecular weight is 353 g/mol. The van der Waals surface area contributed by atoms with Crippen molar-refractivity contribution in [3.63, 3.8) is 0 Å². The summed E-state index contributed by atoms with van der Waals surface area (Å²) >= 11 is 0. The number of nitrogens with zero attached hydrogens (tertiary/aromatic N) is 1. The maximum atomic E-state index is 13.4. The van der Waals surface area contributed by atoms with Crippen LogP contribution in [-0.4, -0.2) is 41.4 Å². The van der Waals surface area contributed by atoms with Gasteiger partial charge in [-0.15, -0.1) is 0 Å². The van der Waals surface area contributed by atoms with Gasteiger partial charge in [0, 0.05) is 18.2 Å². The number of hydrogen-bond acceptors (Lipinski definition) is 4. The van der Waals surface area contributed by atoms with Crippen molar-refractivity contribution in [1.29, 1.82) is 0 Å². The Morgan fingerprint density at radius 1 is 1.32 bits per heavy atom.